The Morgan fingerprint density at radius 1 is 1.07 bits per heavy atom. The van der Waals surface area contributed by atoms with Crippen molar-refractivity contribution >= 4 is 23.4 Å². The average molecular weight is 250 g/mol. The minimum Gasteiger partial charge on any atom is -0.301 e. The summed E-state index contributed by atoms with van der Waals surface area (Å²) in [5.74, 6) is 0.828. The summed E-state index contributed by atoms with van der Waals surface area (Å²) in [6, 6.07) is 0. The Bertz CT molecular complexity index is 156. The molecule has 1 aliphatic heterocycles. The largest absolute Gasteiger partial charge is 0.301 e. The lowest BCUT2D eigenvalue weighted by atomic mass is 10.2. The van der Waals surface area contributed by atoms with E-state index < -0.39 is 0 Å². The molecule has 0 spiro atoms. The maximum atomic E-state index is 5.65. The van der Waals surface area contributed by atoms with Crippen molar-refractivity contribution in [2.24, 2.45) is 0 Å². The van der Waals surface area contributed by atoms with E-state index in [4.69, 9.17) is 11.6 Å². The van der Waals surface area contributed by atoms with E-state index in [1.165, 1.54) is 45.3 Å². The Morgan fingerprint density at radius 3 is 2.27 bits per heavy atom. The van der Waals surface area contributed by atoms with Crippen LogP contribution >= 0.6 is 23.4 Å². The average Bonchev–Trinajstić information content (AvgIpc) is 2.16. The minimum absolute atomic E-state index is 0.816. The molecule has 2 unspecified atom stereocenters. The molecule has 1 fully saturated rings. The zero-order valence-corrected chi connectivity index (χ0v) is 11.6. The highest BCUT2D eigenvalue weighted by atomic mass is 35.5. The Morgan fingerprint density at radius 2 is 1.67 bits per heavy atom. The zero-order chi connectivity index (χ0) is 11.1. The van der Waals surface area contributed by atoms with Gasteiger partial charge in [0.2, 0.25) is 0 Å². The van der Waals surface area contributed by atoms with Crippen LogP contribution in [0.2, 0.25) is 0 Å². The molecule has 1 nitrogen and oxygen atoms in total. The molecular formula is C12H24ClNS. The summed E-state index contributed by atoms with van der Waals surface area (Å²) in [6.07, 6.45) is 5.18. The lowest BCUT2D eigenvalue weighted by Gasteiger charge is -2.34. The fraction of sp³-hybridized carbons (Fsp3) is 1.00. The first-order chi connectivity index (χ1) is 7.22. The van der Waals surface area contributed by atoms with E-state index >= 15 is 0 Å². The van der Waals surface area contributed by atoms with Gasteiger partial charge in [0, 0.05) is 29.5 Å². The van der Waals surface area contributed by atoms with Gasteiger partial charge in [0.05, 0.1) is 0 Å². The van der Waals surface area contributed by atoms with Gasteiger partial charge in [-0.15, -0.1) is 11.6 Å². The van der Waals surface area contributed by atoms with E-state index in [0.717, 1.165) is 16.4 Å². The van der Waals surface area contributed by atoms with E-state index in [1.54, 1.807) is 0 Å². The van der Waals surface area contributed by atoms with E-state index in [0.29, 0.717) is 0 Å². The van der Waals surface area contributed by atoms with Crippen molar-refractivity contribution in [3.63, 3.8) is 0 Å². The van der Waals surface area contributed by atoms with Gasteiger partial charge in [-0.25, -0.2) is 0 Å². The van der Waals surface area contributed by atoms with Crippen molar-refractivity contribution in [3.8, 4) is 0 Å². The number of thioether (sulfide) groups is 1. The van der Waals surface area contributed by atoms with Crippen LogP contribution in [0.1, 0.15) is 39.5 Å². The predicted molar refractivity (Wildman–Crippen MR) is 72.1 cm³/mol. The van der Waals surface area contributed by atoms with Gasteiger partial charge in [-0.2, -0.15) is 11.8 Å². The standard InChI is InChI=1S/C12H24ClNS/c1-11-9-14(10-12(2)15-11)8-6-4-3-5-7-13/h11-12H,3-10H2,1-2H3. The topological polar surface area (TPSA) is 3.24 Å². The van der Waals surface area contributed by atoms with Gasteiger partial charge >= 0.3 is 0 Å². The first-order valence-corrected chi connectivity index (χ1v) is 7.64. The van der Waals surface area contributed by atoms with E-state index in [-0.39, 0.29) is 0 Å². The van der Waals surface area contributed by atoms with Crippen LogP contribution in [-0.4, -0.2) is 40.9 Å². The van der Waals surface area contributed by atoms with Gasteiger partial charge < -0.3 is 4.90 Å². The van der Waals surface area contributed by atoms with Gasteiger partial charge in [-0.05, 0) is 19.4 Å². The van der Waals surface area contributed by atoms with Crippen molar-refractivity contribution in [2.45, 2.75) is 50.0 Å². The Labute approximate surface area is 104 Å². The first-order valence-electron chi connectivity index (χ1n) is 6.16. The molecule has 90 valence electrons. The maximum Gasteiger partial charge on any atom is 0.0223 e. The Balaban J connectivity index is 2.04. The lowest BCUT2D eigenvalue weighted by molar-refractivity contribution is 0.264. The molecule has 0 radical (unpaired) electrons. The number of nitrogens with zero attached hydrogens (tertiary/aromatic N) is 1. The summed E-state index contributed by atoms with van der Waals surface area (Å²) in [7, 11) is 0. The van der Waals surface area contributed by atoms with Crippen LogP contribution < -0.4 is 0 Å². The summed E-state index contributed by atoms with van der Waals surface area (Å²) in [4.78, 5) is 2.63. The highest BCUT2D eigenvalue weighted by Gasteiger charge is 2.21. The number of halogens is 1. The molecule has 0 aliphatic carbocycles. The molecule has 15 heavy (non-hydrogen) atoms. The van der Waals surface area contributed by atoms with Crippen molar-refractivity contribution in [2.75, 3.05) is 25.5 Å². The number of rotatable bonds is 6. The molecular weight excluding hydrogens is 226 g/mol. The summed E-state index contributed by atoms with van der Waals surface area (Å²) in [5, 5.41) is 1.63. The van der Waals surface area contributed by atoms with E-state index in [1.807, 2.05) is 0 Å². The molecule has 0 saturated carbocycles. The molecule has 0 aromatic rings. The van der Waals surface area contributed by atoms with Crippen LogP contribution in [0.5, 0.6) is 0 Å². The SMILES string of the molecule is CC1CN(CCCCCCCl)CC(C)S1. The normalized spacial score (nSPS) is 28.2. The second-order valence-corrected chi connectivity index (χ2v) is 6.88. The highest BCUT2D eigenvalue weighted by Crippen LogP contribution is 2.24. The summed E-state index contributed by atoms with van der Waals surface area (Å²) < 4.78 is 0. The van der Waals surface area contributed by atoms with Gasteiger partial charge in [-0.3, -0.25) is 0 Å². The summed E-state index contributed by atoms with van der Waals surface area (Å²) in [5.41, 5.74) is 0. The second kappa shape index (κ2) is 7.81. The Hall–Kier alpha value is 0.600. The van der Waals surface area contributed by atoms with Gasteiger partial charge in [0.1, 0.15) is 0 Å². The Kier molecular flexibility index (Phi) is 7.11. The quantitative estimate of drug-likeness (QED) is 0.523. The second-order valence-electron chi connectivity index (χ2n) is 4.62. The smallest absolute Gasteiger partial charge is 0.0223 e. The molecule has 1 saturated heterocycles. The van der Waals surface area contributed by atoms with Crippen LogP contribution in [0.25, 0.3) is 0 Å². The number of hydrogen-bond acceptors (Lipinski definition) is 2. The van der Waals surface area contributed by atoms with Gasteiger partial charge in [-0.1, -0.05) is 26.7 Å². The third-order valence-electron chi connectivity index (χ3n) is 2.85. The van der Waals surface area contributed by atoms with Crippen LogP contribution in [0.15, 0.2) is 0 Å². The van der Waals surface area contributed by atoms with Crippen molar-refractivity contribution in [1.82, 2.24) is 4.90 Å². The fourth-order valence-corrected chi connectivity index (χ4v) is 3.83. The molecule has 2 atom stereocenters. The number of unbranched alkanes of at least 4 members (excludes halogenated alkanes) is 3. The first kappa shape index (κ1) is 13.7. The molecule has 0 N–H and O–H groups in total. The number of alkyl halides is 1. The maximum absolute atomic E-state index is 5.65. The van der Waals surface area contributed by atoms with E-state index in [2.05, 4.69) is 30.5 Å². The third-order valence-corrected chi connectivity index (χ3v) is 4.35. The number of hydrogen-bond donors (Lipinski definition) is 0. The van der Waals surface area contributed by atoms with Crippen LogP contribution in [0, 0.1) is 0 Å². The van der Waals surface area contributed by atoms with Crippen LogP contribution in [0.4, 0.5) is 0 Å². The molecule has 0 aromatic heterocycles. The molecule has 0 aromatic carbocycles. The van der Waals surface area contributed by atoms with E-state index in [9.17, 15) is 0 Å². The molecule has 0 bridgehead atoms. The van der Waals surface area contributed by atoms with Crippen LogP contribution in [0.3, 0.4) is 0 Å². The molecule has 3 heteroatoms. The monoisotopic (exact) mass is 249 g/mol. The zero-order valence-electron chi connectivity index (χ0n) is 10.0. The highest BCUT2D eigenvalue weighted by molar-refractivity contribution is 8.00. The van der Waals surface area contributed by atoms with Gasteiger partial charge in [0.15, 0.2) is 0 Å². The molecule has 1 heterocycles. The van der Waals surface area contributed by atoms with Crippen molar-refractivity contribution in [3.05, 3.63) is 0 Å². The lowest BCUT2D eigenvalue weighted by Crippen LogP contribution is -2.40. The predicted octanol–water partition coefficient (Wildman–Crippen LogP) is 3.61. The summed E-state index contributed by atoms with van der Waals surface area (Å²) >= 11 is 7.79. The van der Waals surface area contributed by atoms with Crippen molar-refractivity contribution < 1.29 is 0 Å². The molecule has 0 amide bonds. The summed E-state index contributed by atoms with van der Waals surface area (Å²) in [6.45, 7) is 8.55. The van der Waals surface area contributed by atoms with Gasteiger partial charge in [0.25, 0.3) is 0 Å². The fourth-order valence-electron chi connectivity index (χ4n) is 2.25. The van der Waals surface area contributed by atoms with Crippen molar-refractivity contribution in [1.29, 1.82) is 0 Å². The van der Waals surface area contributed by atoms with Crippen LogP contribution in [-0.2, 0) is 0 Å². The third kappa shape index (κ3) is 6.03. The minimum atomic E-state index is 0.816. The molecule has 1 aliphatic rings. The molecule has 1 rings (SSSR count).